The van der Waals surface area contributed by atoms with Gasteiger partial charge in [0, 0.05) is 55.7 Å². The summed E-state index contributed by atoms with van der Waals surface area (Å²) in [4.78, 5) is 31.6. The van der Waals surface area contributed by atoms with Gasteiger partial charge in [0.15, 0.2) is 0 Å². The second kappa shape index (κ2) is 12.1. The van der Waals surface area contributed by atoms with E-state index in [-0.39, 0.29) is 18.0 Å². The molecule has 2 fully saturated rings. The Labute approximate surface area is 230 Å². The van der Waals surface area contributed by atoms with E-state index >= 15 is 0 Å². The van der Waals surface area contributed by atoms with Gasteiger partial charge < -0.3 is 14.5 Å². The summed E-state index contributed by atoms with van der Waals surface area (Å²) in [5, 5.41) is 1.43. The van der Waals surface area contributed by atoms with E-state index in [9.17, 15) is 9.59 Å². The van der Waals surface area contributed by atoms with Gasteiger partial charge >= 0.3 is 6.09 Å². The molecule has 0 unspecified atom stereocenters. The Bertz CT molecular complexity index is 1010. The summed E-state index contributed by atoms with van der Waals surface area (Å²) >= 11 is 12.3. The molecule has 0 saturated carbocycles. The minimum Gasteiger partial charge on any atom is -0.444 e. The highest BCUT2D eigenvalue weighted by molar-refractivity contribution is 6.30. The van der Waals surface area contributed by atoms with E-state index in [1.807, 2.05) is 49.9 Å². The molecule has 2 aliphatic heterocycles. The van der Waals surface area contributed by atoms with Crippen LogP contribution in [0.2, 0.25) is 10.0 Å². The normalized spacial score (nSPS) is 17.8. The van der Waals surface area contributed by atoms with Crippen LogP contribution in [0.15, 0.2) is 48.5 Å². The highest BCUT2D eigenvalue weighted by atomic mass is 35.5. The molecular weight excluding hydrogens is 509 g/mol. The fourth-order valence-electron chi connectivity index (χ4n) is 5.16. The zero-order chi connectivity index (χ0) is 26.6. The van der Waals surface area contributed by atoms with Gasteiger partial charge in [0.2, 0.25) is 5.91 Å². The topological polar surface area (TPSA) is 53.1 Å². The fourth-order valence-corrected chi connectivity index (χ4v) is 5.41. The van der Waals surface area contributed by atoms with Crippen molar-refractivity contribution in [2.75, 3.05) is 39.3 Å². The van der Waals surface area contributed by atoms with Crippen LogP contribution in [0.4, 0.5) is 4.79 Å². The molecule has 0 atom stereocenters. The number of ether oxygens (including phenoxy) is 1. The summed E-state index contributed by atoms with van der Waals surface area (Å²) < 4.78 is 5.49. The Morgan fingerprint density at radius 3 is 1.76 bits per heavy atom. The molecule has 200 valence electrons. The maximum atomic E-state index is 13.1. The van der Waals surface area contributed by atoms with Crippen LogP contribution in [0.1, 0.15) is 57.2 Å². The van der Waals surface area contributed by atoms with E-state index < -0.39 is 5.60 Å². The second-order valence-electron chi connectivity index (χ2n) is 11.0. The van der Waals surface area contributed by atoms with Crippen LogP contribution in [-0.2, 0) is 9.53 Å². The molecular formula is C29H37Cl2N3O3. The number of piperidine rings is 1. The number of rotatable bonds is 5. The van der Waals surface area contributed by atoms with Crippen LogP contribution >= 0.6 is 23.2 Å². The van der Waals surface area contributed by atoms with Crippen LogP contribution in [0.25, 0.3) is 0 Å². The molecule has 2 heterocycles. The lowest BCUT2D eigenvalue weighted by molar-refractivity contribution is -0.134. The molecule has 0 bridgehead atoms. The third-order valence-electron chi connectivity index (χ3n) is 7.13. The zero-order valence-electron chi connectivity index (χ0n) is 22.0. The molecule has 0 aliphatic carbocycles. The van der Waals surface area contributed by atoms with Gasteiger partial charge in [0.05, 0.1) is 6.04 Å². The number of nitrogens with zero attached hydrogens (tertiary/aromatic N) is 3. The number of hydrogen-bond acceptors (Lipinski definition) is 4. The van der Waals surface area contributed by atoms with Crippen LogP contribution in [0.5, 0.6) is 0 Å². The minimum atomic E-state index is -0.494. The Hall–Kier alpha value is -2.28. The molecule has 0 radical (unpaired) electrons. The molecule has 2 aromatic rings. The average Bonchev–Trinajstić information content (AvgIpc) is 2.86. The molecule has 0 N–H and O–H groups in total. The van der Waals surface area contributed by atoms with Gasteiger partial charge in [-0.15, -0.1) is 0 Å². The number of carbonyl (C=O) groups excluding carboxylic acids is 2. The largest absolute Gasteiger partial charge is 0.444 e. The molecule has 2 aromatic carbocycles. The zero-order valence-corrected chi connectivity index (χ0v) is 23.5. The van der Waals surface area contributed by atoms with Gasteiger partial charge in [0.1, 0.15) is 5.60 Å². The number of carbonyl (C=O) groups is 2. The maximum absolute atomic E-state index is 13.1. The number of piperazine rings is 1. The Kier molecular flexibility index (Phi) is 9.04. The minimum absolute atomic E-state index is 0.0731. The molecule has 2 saturated heterocycles. The first-order valence-electron chi connectivity index (χ1n) is 13.1. The van der Waals surface area contributed by atoms with Crippen molar-refractivity contribution in [3.8, 4) is 0 Å². The van der Waals surface area contributed by atoms with E-state index in [4.69, 9.17) is 27.9 Å². The second-order valence-corrected chi connectivity index (χ2v) is 11.9. The summed E-state index contributed by atoms with van der Waals surface area (Å²) in [6.07, 6.45) is 1.95. The lowest BCUT2D eigenvalue weighted by Gasteiger charge is -2.40. The smallest absolute Gasteiger partial charge is 0.410 e. The van der Waals surface area contributed by atoms with Gasteiger partial charge in [0.25, 0.3) is 0 Å². The van der Waals surface area contributed by atoms with Crippen molar-refractivity contribution < 1.29 is 14.3 Å². The number of halogens is 2. The first-order chi connectivity index (χ1) is 17.6. The average molecular weight is 547 g/mol. The van der Waals surface area contributed by atoms with Crippen LogP contribution in [0, 0.1) is 5.92 Å². The van der Waals surface area contributed by atoms with Gasteiger partial charge in [-0.1, -0.05) is 47.5 Å². The third-order valence-corrected chi connectivity index (χ3v) is 7.64. The van der Waals surface area contributed by atoms with Gasteiger partial charge in [-0.25, -0.2) is 4.79 Å². The summed E-state index contributed by atoms with van der Waals surface area (Å²) in [6, 6.07) is 16.1. The predicted octanol–water partition coefficient (Wildman–Crippen LogP) is 6.26. The van der Waals surface area contributed by atoms with Crippen molar-refractivity contribution in [2.45, 2.75) is 51.7 Å². The van der Waals surface area contributed by atoms with Gasteiger partial charge in [-0.05, 0) is 74.9 Å². The SMILES string of the molecule is CC(C)(C)OC(=O)N1CCC(CC(=O)N2CCN(C(c3ccc(Cl)cc3)c3ccc(Cl)cc3)CC2)CC1. The summed E-state index contributed by atoms with van der Waals surface area (Å²) in [6.45, 7) is 9.91. The monoisotopic (exact) mass is 545 g/mol. The van der Waals surface area contributed by atoms with Crippen molar-refractivity contribution in [3.63, 3.8) is 0 Å². The maximum Gasteiger partial charge on any atom is 0.410 e. The summed E-state index contributed by atoms with van der Waals surface area (Å²) in [5.41, 5.74) is 1.85. The van der Waals surface area contributed by atoms with Gasteiger partial charge in [-0.3, -0.25) is 9.69 Å². The molecule has 2 amide bonds. The number of benzene rings is 2. The van der Waals surface area contributed by atoms with Crippen molar-refractivity contribution in [1.82, 2.24) is 14.7 Å². The van der Waals surface area contributed by atoms with Crippen LogP contribution in [0.3, 0.4) is 0 Å². The quantitative estimate of drug-likeness (QED) is 0.444. The summed E-state index contributed by atoms with van der Waals surface area (Å²) in [7, 11) is 0. The Balaban J connectivity index is 1.31. The first kappa shape index (κ1) is 27.7. The molecule has 8 heteroatoms. The number of amides is 2. The van der Waals surface area contributed by atoms with E-state index in [1.54, 1.807) is 4.90 Å². The highest BCUT2D eigenvalue weighted by Gasteiger charge is 2.31. The molecule has 6 nitrogen and oxygen atoms in total. The molecule has 4 rings (SSSR count). The van der Waals surface area contributed by atoms with E-state index in [0.717, 1.165) is 25.9 Å². The first-order valence-corrected chi connectivity index (χ1v) is 13.9. The highest BCUT2D eigenvalue weighted by Crippen LogP contribution is 2.32. The standard InChI is InChI=1S/C29H37Cl2N3O3/c1-29(2,3)37-28(36)34-14-12-21(13-15-34)20-26(35)32-16-18-33(19-17-32)27(22-4-8-24(30)9-5-22)23-6-10-25(31)11-7-23/h4-11,21,27H,12-20H2,1-3H3. The van der Waals surface area contributed by atoms with Gasteiger partial charge in [-0.2, -0.15) is 0 Å². The molecule has 0 aromatic heterocycles. The van der Waals surface area contributed by atoms with E-state index in [0.29, 0.717) is 48.6 Å². The van der Waals surface area contributed by atoms with Crippen molar-refractivity contribution in [1.29, 1.82) is 0 Å². The molecule has 2 aliphatic rings. The van der Waals surface area contributed by atoms with Crippen molar-refractivity contribution >= 4 is 35.2 Å². The third kappa shape index (κ3) is 7.62. The lowest BCUT2D eigenvalue weighted by atomic mass is 9.93. The van der Waals surface area contributed by atoms with E-state index in [2.05, 4.69) is 29.2 Å². The van der Waals surface area contributed by atoms with Crippen molar-refractivity contribution in [3.05, 3.63) is 69.7 Å². The number of hydrogen-bond donors (Lipinski definition) is 0. The Morgan fingerprint density at radius 2 is 1.30 bits per heavy atom. The summed E-state index contributed by atoms with van der Waals surface area (Å²) in [5.74, 6) is 0.519. The molecule has 37 heavy (non-hydrogen) atoms. The van der Waals surface area contributed by atoms with Crippen molar-refractivity contribution in [2.24, 2.45) is 5.92 Å². The lowest BCUT2D eigenvalue weighted by Crippen LogP contribution is -2.50. The number of likely N-dealkylation sites (tertiary alicyclic amines) is 1. The van der Waals surface area contributed by atoms with Crippen LogP contribution in [-0.4, -0.2) is 71.6 Å². The Morgan fingerprint density at radius 1 is 0.811 bits per heavy atom. The van der Waals surface area contributed by atoms with E-state index in [1.165, 1.54) is 11.1 Å². The fraction of sp³-hybridized carbons (Fsp3) is 0.517. The van der Waals surface area contributed by atoms with Crippen LogP contribution < -0.4 is 0 Å². The predicted molar refractivity (Wildman–Crippen MR) is 148 cm³/mol. The molecule has 0 spiro atoms.